The zero-order chi connectivity index (χ0) is 22.9. The largest absolute Gasteiger partial charge is 0.497 e. The average molecular weight is 445 g/mol. The Morgan fingerprint density at radius 3 is 2.34 bits per heavy atom. The summed E-state index contributed by atoms with van der Waals surface area (Å²) in [5.41, 5.74) is 1.62. The smallest absolute Gasteiger partial charge is 0.314 e. The fourth-order valence-corrected chi connectivity index (χ4v) is 3.61. The van der Waals surface area contributed by atoms with Gasteiger partial charge in [-0.25, -0.2) is 4.79 Å². The summed E-state index contributed by atoms with van der Waals surface area (Å²) in [5.74, 6) is 1.10. The third kappa shape index (κ3) is 6.36. The number of aromatic nitrogens is 2. The van der Waals surface area contributed by atoms with Gasteiger partial charge in [0.25, 0.3) is 5.91 Å². The predicted octanol–water partition coefficient (Wildman–Crippen LogP) is 0.737. The van der Waals surface area contributed by atoms with Crippen LogP contribution in [0.5, 0.6) is 11.6 Å². The molecule has 1 aromatic carbocycles. The van der Waals surface area contributed by atoms with Crippen molar-refractivity contribution in [2.24, 2.45) is 7.05 Å². The topological polar surface area (TPSA) is 101 Å². The van der Waals surface area contributed by atoms with Crippen molar-refractivity contribution in [1.82, 2.24) is 30.2 Å². The molecular weight excluding hydrogens is 412 g/mol. The highest BCUT2D eigenvalue weighted by atomic mass is 16.5. The van der Waals surface area contributed by atoms with Gasteiger partial charge in [-0.2, -0.15) is 0 Å². The SMILES string of the molecule is COc1ccc(CCNC(=O)NCCN2CCN(C(=O)c3cn(C)nc3OC)CC2)cc1. The van der Waals surface area contributed by atoms with E-state index in [9.17, 15) is 9.59 Å². The minimum absolute atomic E-state index is 0.0658. The lowest BCUT2D eigenvalue weighted by Gasteiger charge is -2.34. The lowest BCUT2D eigenvalue weighted by atomic mass is 10.1. The van der Waals surface area contributed by atoms with E-state index in [1.807, 2.05) is 29.2 Å². The Morgan fingerprint density at radius 1 is 1.00 bits per heavy atom. The molecule has 1 aliphatic rings. The number of piperazine rings is 1. The van der Waals surface area contributed by atoms with Crippen LogP contribution in [-0.2, 0) is 13.5 Å². The van der Waals surface area contributed by atoms with E-state index in [1.165, 1.54) is 7.11 Å². The molecule has 0 radical (unpaired) electrons. The number of rotatable bonds is 9. The quantitative estimate of drug-likeness (QED) is 0.592. The van der Waals surface area contributed by atoms with Crippen molar-refractivity contribution in [3.05, 3.63) is 41.6 Å². The molecule has 2 heterocycles. The van der Waals surface area contributed by atoms with Gasteiger partial charge in [0.05, 0.1) is 14.2 Å². The molecule has 174 valence electrons. The second-order valence-corrected chi connectivity index (χ2v) is 7.64. The van der Waals surface area contributed by atoms with Crippen molar-refractivity contribution in [1.29, 1.82) is 0 Å². The summed E-state index contributed by atoms with van der Waals surface area (Å²) >= 11 is 0. The van der Waals surface area contributed by atoms with Gasteiger partial charge < -0.3 is 25.0 Å². The van der Waals surface area contributed by atoms with Crippen molar-refractivity contribution in [2.45, 2.75) is 6.42 Å². The van der Waals surface area contributed by atoms with Crippen LogP contribution in [0.2, 0.25) is 0 Å². The van der Waals surface area contributed by atoms with E-state index >= 15 is 0 Å². The summed E-state index contributed by atoms with van der Waals surface area (Å²) in [6.45, 7) is 4.64. The van der Waals surface area contributed by atoms with Gasteiger partial charge in [-0.15, -0.1) is 5.10 Å². The molecule has 0 bridgehead atoms. The second kappa shape index (κ2) is 11.4. The zero-order valence-electron chi connectivity index (χ0n) is 19.0. The summed E-state index contributed by atoms with van der Waals surface area (Å²) in [5, 5.41) is 9.92. The maximum atomic E-state index is 12.7. The highest BCUT2D eigenvalue weighted by Gasteiger charge is 2.26. The molecule has 0 spiro atoms. The summed E-state index contributed by atoms with van der Waals surface area (Å²) in [6.07, 6.45) is 2.44. The van der Waals surface area contributed by atoms with E-state index in [-0.39, 0.29) is 11.9 Å². The number of amides is 3. The first kappa shape index (κ1) is 23.4. The maximum Gasteiger partial charge on any atom is 0.314 e. The molecule has 0 atom stereocenters. The minimum atomic E-state index is -0.170. The molecule has 2 aromatic rings. The molecule has 0 aliphatic carbocycles. The summed E-state index contributed by atoms with van der Waals surface area (Å²) in [6, 6.07) is 7.64. The number of aryl methyl sites for hydroxylation is 1. The van der Waals surface area contributed by atoms with Gasteiger partial charge in [0, 0.05) is 59.1 Å². The number of ether oxygens (including phenoxy) is 2. The standard InChI is InChI=1S/C22H32N6O4/c1-26-16-19(20(25-26)32-3)21(29)28-14-12-27(13-15-28)11-10-24-22(30)23-9-8-17-4-6-18(31-2)7-5-17/h4-7,16H,8-15H2,1-3H3,(H2,23,24,30). The Labute approximate surface area is 188 Å². The number of hydrogen-bond donors (Lipinski definition) is 2. The van der Waals surface area contributed by atoms with E-state index < -0.39 is 0 Å². The van der Waals surface area contributed by atoms with Gasteiger partial charge in [0.15, 0.2) is 0 Å². The van der Waals surface area contributed by atoms with E-state index in [0.717, 1.165) is 37.4 Å². The van der Waals surface area contributed by atoms with E-state index in [2.05, 4.69) is 20.6 Å². The highest BCUT2D eigenvalue weighted by Crippen LogP contribution is 2.18. The van der Waals surface area contributed by atoms with E-state index in [0.29, 0.717) is 37.6 Å². The summed E-state index contributed by atoms with van der Waals surface area (Å²) in [4.78, 5) is 28.8. The van der Waals surface area contributed by atoms with Crippen molar-refractivity contribution < 1.29 is 19.1 Å². The minimum Gasteiger partial charge on any atom is -0.497 e. The van der Waals surface area contributed by atoms with E-state index in [1.54, 1.807) is 25.0 Å². The second-order valence-electron chi connectivity index (χ2n) is 7.64. The van der Waals surface area contributed by atoms with Crippen LogP contribution < -0.4 is 20.1 Å². The average Bonchev–Trinajstić information content (AvgIpc) is 3.20. The van der Waals surface area contributed by atoms with E-state index in [4.69, 9.17) is 9.47 Å². The fraction of sp³-hybridized carbons (Fsp3) is 0.500. The molecule has 1 aliphatic heterocycles. The Kier molecular flexibility index (Phi) is 8.32. The number of nitrogens with one attached hydrogen (secondary N) is 2. The molecule has 10 nitrogen and oxygen atoms in total. The van der Waals surface area contributed by atoms with Gasteiger partial charge in [-0.3, -0.25) is 14.4 Å². The van der Waals surface area contributed by atoms with Crippen LogP contribution in [0.25, 0.3) is 0 Å². The van der Waals surface area contributed by atoms with Crippen molar-refractivity contribution in [2.75, 3.05) is 60.0 Å². The van der Waals surface area contributed by atoms with Crippen LogP contribution in [0, 0.1) is 0 Å². The summed E-state index contributed by atoms with van der Waals surface area (Å²) < 4.78 is 11.9. The Bertz CT molecular complexity index is 890. The fourth-order valence-electron chi connectivity index (χ4n) is 3.61. The first-order chi connectivity index (χ1) is 15.5. The van der Waals surface area contributed by atoms with Crippen molar-refractivity contribution in [3.63, 3.8) is 0 Å². The number of urea groups is 1. The molecule has 1 aromatic heterocycles. The van der Waals surface area contributed by atoms with Crippen LogP contribution in [0.15, 0.2) is 30.5 Å². The van der Waals surface area contributed by atoms with Crippen molar-refractivity contribution >= 4 is 11.9 Å². The lowest BCUT2D eigenvalue weighted by molar-refractivity contribution is 0.0636. The number of hydrogen-bond acceptors (Lipinski definition) is 6. The number of carbonyl (C=O) groups is 2. The van der Waals surface area contributed by atoms with Gasteiger partial charge in [0.1, 0.15) is 11.3 Å². The third-order valence-corrected chi connectivity index (χ3v) is 5.45. The normalized spacial score (nSPS) is 14.2. The first-order valence-electron chi connectivity index (χ1n) is 10.7. The van der Waals surface area contributed by atoms with Crippen LogP contribution in [0.1, 0.15) is 15.9 Å². The molecule has 1 saturated heterocycles. The number of benzene rings is 1. The molecule has 3 rings (SSSR count). The maximum absolute atomic E-state index is 12.7. The monoisotopic (exact) mass is 444 g/mol. The van der Waals surface area contributed by atoms with Crippen LogP contribution in [-0.4, -0.2) is 91.6 Å². The predicted molar refractivity (Wildman–Crippen MR) is 120 cm³/mol. The van der Waals surface area contributed by atoms with Crippen LogP contribution >= 0.6 is 0 Å². The first-order valence-corrected chi connectivity index (χ1v) is 10.7. The number of nitrogens with zero attached hydrogens (tertiary/aromatic N) is 4. The molecule has 32 heavy (non-hydrogen) atoms. The molecule has 10 heteroatoms. The molecule has 0 unspecified atom stereocenters. The zero-order valence-corrected chi connectivity index (χ0v) is 19.0. The number of carbonyl (C=O) groups excluding carboxylic acids is 2. The number of methoxy groups -OCH3 is 2. The van der Waals surface area contributed by atoms with Gasteiger partial charge in [0.2, 0.25) is 5.88 Å². The van der Waals surface area contributed by atoms with Gasteiger partial charge in [-0.05, 0) is 24.1 Å². The third-order valence-electron chi connectivity index (χ3n) is 5.45. The summed E-state index contributed by atoms with van der Waals surface area (Å²) in [7, 11) is 4.92. The van der Waals surface area contributed by atoms with Crippen LogP contribution in [0.4, 0.5) is 4.79 Å². The Hall–Kier alpha value is -3.27. The Balaban J connectivity index is 1.30. The van der Waals surface area contributed by atoms with Gasteiger partial charge >= 0.3 is 6.03 Å². The highest BCUT2D eigenvalue weighted by molar-refractivity contribution is 5.96. The molecule has 0 saturated carbocycles. The molecular formula is C22H32N6O4. The lowest BCUT2D eigenvalue weighted by Crippen LogP contribution is -2.50. The van der Waals surface area contributed by atoms with Gasteiger partial charge in [-0.1, -0.05) is 12.1 Å². The Morgan fingerprint density at radius 2 is 1.69 bits per heavy atom. The molecule has 1 fully saturated rings. The molecule has 2 N–H and O–H groups in total. The van der Waals surface area contributed by atoms with Crippen LogP contribution in [0.3, 0.4) is 0 Å². The molecule has 3 amide bonds. The van der Waals surface area contributed by atoms with Crippen molar-refractivity contribution in [3.8, 4) is 11.6 Å².